The van der Waals surface area contributed by atoms with Crippen LogP contribution in [0, 0.1) is 0 Å². The molecule has 5 heteroatoms. The van der Waals surface area contributed by atoms with Crippen molar-refractivity contribution in [2.24, 2.45) is 5.73 Å². The van der Waals surface area contributed by atoms with Gasteiger partial charge in [-0.25, -0.2) is 8.42 Å². The average Bonchev–Trinajstić information content (AvgIpc) is 2.57. The molecule has 2 rings (SSSR count). The first-order chi connectivity index (χ1) is 8.70. The Balaban J connectivity index is 1.91. The lowest BCUT2D eigenvalue weighted by Gasteiger charge is -2.33. The van der Waals surface area contributed by atoms with Crippen molar-refractivity contribution in [3.05, 3.63) is 0 Å². The van der Waals surface area contributed by atoms with Crippen LogP contribution < -0.4 is 5.73 Å². The van der Waals surface area contributed by atoms with Gasteiger partial charge in [-0.2, -0.15) is 0 Å². The van der Waals surface area contributed by atoms with Crippen LogP contribution in [0.1, 0.15) is 58.8 Å². The maximum absolute atomic E-state index is 12.1. The third-order valence-electron chi connectivity index (χ3n) is 4.14. The molecule has 1 unspecified atom stereocenters. The first-order valence-corrected chi connectivity index (χ1v) is 9.19. The Morgan fingerprint density at radius 2 is 1.84 bits per heavy atom. The summed E-state index contributed by atoms with van der Waals surface area (Å²) in [5.41, 5.74) is 5.14. The molecule has 2 aliphatic rings. The topological polar surface area (TPSA) is 69.4 Å². The van der Waals surface area contributed by atoms with Gasteiger partial charge in [0.15, 0.2) is 9.84 Å². The molecule has 0 amide bonds. The molecular weight excluding hydrogens is 262 g/mol. The number of ether oxygens (including phenoxy) is 1. The van der Waals surface area contributed by atoms with Crippen LogP contribution in [0.2, 0.25) is 0 Å². The number of nitrogens with two attached hydrogens (primary N) is 1. The molecule has 1 atom stereocenters. The largest absolute Gasteiger partial charge is 0.371 e. The summed E-state index contributed by atoms with van der Waals surface area (Å²) in [5, 5.41) is 0. The molecule has 1 aliphatic heterocycles. The first-order valence-electron chi connectivity index (χ1n) is 7.37. The minimum atomic E-state index is -3.13. The Morgan fingerprint density at radius 1 is 1.21 bits per heavy atom. The monoisotopic (exact) mass is 289 g/mol. The second-order valence-electron chi connectivity index (χ2n) is 7.07. The summed E-state index contributed by atoms with van der Waals surface area (Å²) in [6.07, 6.45) is 7.71. The number of hydrogen-bond acceptors (Lipinski definition) is 4. The van der Waals surface area contributed by atoms with E-state index in [1.54, 1.807) is 13.8 Å². The van der Waals surface area contributed by atoms with Crippen molar-refractivity contribution in [3.63, 3.8) is 0 Å². The smallest absolute Gasteiger partial charge is 0.154 e. The molecule has 1 aliphatic carbocycles. The Hall–Kier alpha value is -0.130. The van der Waals surface area contributed by atoms with Crippen LogP contribution in [-0.2, 0) is 14.6 Å². The van der Waals surface area contributed by atoms with Gasteiger partial charge >= 0.3 is 0 Å². The predicted molar refractivity (Wildman–Crippen MR) is 76.8 cm³/mol. The lowest BCUT2D eigenvalue weighted by molar-refractivity contribution is -0.0559. The fraction of sp³-hybridized carbons (Fsp3) is 1.00. The second-order valence-corrected chi connectivity index (χ2v) is 9.17. The Bertz CT molecular complexity index is 405. The molecule has 0 radical (unpaired) electrons. The van der Waals surface area contributed by atoms with Gasteiger partial charge in [-0.1, -0.05) is 19.3 Å². The molecule has 0 bridgehead atoms. The quantitative estimate of drug-likeness (QED) is 0.859. The van der Waals surface area contributed by atoms with Crippen molar-refractivity contribution in [2.75, 3.05) is 11.5 Å². The number of sulfone groups is 1. The normalized spacial score (nSPS) is 27.8. The minimum Gasteiger partial charge on any atom is -0.371 e. The van der Waals surface area contributed by atoms with Crippen molar-refractivity contribution in [1.82, 2.24) is 0 Å². The van der Waals surface area contributed by atoms with Crippen LogP contribution in [0.3, 0.4) is 0 Å². The third kappa shape index (κ3) is 4.43. The number of hydrogen-bond donors (Lipinski definition) is 1. The second kappa shape index (κ2) is 5.34. The van der Waals surface area contributed by atoms with Gasteiger partial charge in [-0.3, -0.25) is 0 Å². The lowest BCUT2D eigenvalue weighted by Crippen LogP contribution is -2.42. The molecule has 2 N–H and O–H groups in total. The number of rotatable bonds is 4. The van der Waals surface area contributed by atoms with Gasteiger partial charge in [0.1, 0.15) is 0 Å². The van der Waals surface area contributed by atoms with Crippen LogP contribution >= 0.6 is 0 Å². The third-order valence-corrected chi connectivity index (χ3v) is 6.20. The molecule has 0 aromatic carbocycles. The summed E-state index contributed by atoms with van der Waals surface area (Å²) in [7, 11) is -3.13. The molecule has 1 spiro atoms. The highest BCUT2D eigenvalue weighted by Crippen LogP contribution is 2.42. The molecule has 0 aromatic heterocycles. The molecule has 2 fully saturated rings. The predicted octanol–water partition coefficient (Wildman–Crippen LogP) is 2.02. The van der Waals surface area contributed by atoms with Gasteiger partial charge in [0.05, 0.1) is 23.2 Å². The zero-order valence-electron chi connectivity index (χ0n) is 12.2. The molecule has 19 heavy (non-hydrogen) atoms. The van der Waals surface area contributed by atoms with Gasteiger partial charge in [0.25, 0.3) is 0 Å². The highest BCUT2D eigenvalue weighted by atomic mass is 32.2. The van der Waals surface area contributed by atoms with Gasteiger partial charge in [-0.05, 0) is 39.5 Å². The van der Waals surface area contributed by atoms with E-state index in [0.717, 1.165) is 25.7 Å². The van der Waals surface area contributed by atoms with E-state index in [1.165, 1.54) is 19.3 Å². The highest BCUT2D eigenvalue weighted by Gasteiger charge is 2.42. The Labute approximate surface area is 117 Å². The van der Waals surface area contributed by atoms with Crippen molar-refractivity contribution in [2.45, 2.75) is 76.0 Å². The van der Waals surface area contributed by atoms with Crippen LogP contribution in [-0.4, -0.2) is 37.2 Å². The van der Waals surface area contributed by atoms with E-state index in [0.29, 0.717) is 0 Å². The van der Waals surface area contributed by atoms with E-state index in [2.05, 4.69) is 0 Å². The van der Waals surface area contributed by atoms with E-state index < -0.39 is 15.4 Å². The first kappa shape index (κ1) is 15.3. The maximum Gasteiger partial charge on any atom is 0.154 e. The lowest BCUT2D eigenvalue weighted by atomic mass is 9.83. The fourth-order valence-corrected chi connectivity index (χ4v) is 5.54. The van der Waals surface area contributed by atoms with Crippen molar-refractivity contribution in [1.29, 1.82) is 0 Å². The highest BCUT2D eigenvalue weighted by molar-refractivity contribution is 7.91. The summed E-state index contributed by atoms with van der Waals surface area (Å²) < 4.78 is 30.3. The molecular formula is C14H27NO3S. The summed E-state index contributed by atoms with van der Waals surface area (Å²) in [6, 6.07) is 0. The van der Waals surface area contributed by atoms with Crippen molar-refractivity contribution >= 4 is 9.84 Å². The zero-order chi connectivity index (χ0) is 14.1. The SMILES string of the molecule is CC(C)(N)CS(=O)(=O)CC1CCC2(CCCCC2)O1. The van der Waals surface area contributed by atoms with E-state index in [1.807, 2.05) is 0 Å². The molecule has 112 valence electrons. The molecule has 1 heterocycles. The van der Waals surface area contributed by atoms with Crippen LogP contribution in [0.25, 0.3) is 0 Å². The molecule has 0 aromatic rings. The fourth-order valence-electron chi connectivity index (χ4n) is 3.49. The molecule has 4 nitrogen and oxygen atoms in total. The summed E-state index contributed by atoms with van der Waals surface area (Å²) >= 11 is 0. The van der Waals surface area contributed by atoms with Gasteiger partial charge in [0, 0.05) is 5.54 Å². The van der Waals surface area contributed by atoms with E-state index in [9.17, 15) is 8.42 Å². The van der Waals surface area contributed by atoms with Crippen LogP contribution in [0.5, 0.6) is 0 Å². The summed E-state index contributed by atoms with van der Waals surface area (Å²) in [4.78, 5) is 0. The zero-order valence-corrected chi connectivity index (χ0v) is 13.0. The summed E-state index contributed by atoms with van der Waals surface area (Å²) in [6.45, 7) is 3.51. The van der Waals surface area contributed by atoms with E-state index in [4.69, 9.17) is 10.5 Å². The van der Waals surface area contributed by atoms with Gasteiger partial charge < -0.3 is 10.5 Å². The standard InChI is InChI=1S/C14H27NO3S/c1-13(2,15)11-19(16,17)10-12-6-9-14(18-12)7-4-3-5-8-14/h12H,3-11,15H2,1-2H3. The van der Waals surface area contributed by atoms with Crippen LogP contribution in [0.4, 0.5) is 0 Å². The van der Waals surface area contributed by atoms with Crippen molar-refractivity contribution in [3.8, 4) is 0 Å². The minimum absolute atomic E-state index is 0.00330. The average molecular weight is 289 g/mol. The Morgan fingerprint density at radius 3 is 2.42 bits per heavy atom. The van der Waals surface area contributed by atoms with E-state index >= 15 is 0 Å². The van der Waals surface area contributed by atoms with Crippen molar-refractivity contribution < 1.29 is 13.2 Å². The summed E-state index contributed by atoms with van der Waals surface area (Å²) in [5.74, 6) is 0.169. The van der Waals surface area contributed by atoms with E-state index in [-0.39, 0.29) is 23.2 Å². The maximum atomic E-state index is 12.1. The van der Waals surface area contributed by atoms with Gasteiger partial charge in [-0.15, -0.1) is 0 Å². The molecule has 1 saturated carbocycles. The van der Waals surface area contributed by atoms with Crippen LogP contribution in [0.15, 0.2) is 0 Å². The van der Waals surface area contributed by atoms with Gasteiger partial charge in [0.2, 0.25) is 0 Å². The molecule has 1 saturated heterocycles. The Kier molecular flexibility index (Phi) is 4.29.